The van der Waals surface area contributed by atoms with E-state index in [0.29, 0.717) is 17.7 Å². The van der Waals surface area contributed by atoms with Crippen molar-refractivity contribution in [1.29, 1.82) is 0 Å². The normalized spacial score (nSPS) is 15.6. The molecule has 1 aliphatic rings. The average molecular weight is 399 g/mol. The maximum absolute atomic E-state index is 13.0. The highest BCUT2D eigenvalue weighted by atomic mass is 16.2. The van der Waals surface area contributed by atoms with Gasteiger partial charge in [-0.15, -0.1) is 0 Å². The number of amides is 1. The van der Waals surface area contributed by atoms with E-state index in [1.807, 2.05) is 54.1 Å². The number of fused-ring (bicyclic) bond motifs is 1. The lowest BCUT2D eigenvalue weighted by molar-refractivity contribution is 0.0925. The van der Waals surface area contributed by atoms with Crippen LogP contribution in [0.4, 0.5) is 0 Å². The number of rotatable bonds is 4. The van der Waals surface area contributed by atoms with Gasteiger partial charge in [-0.1, -0.05) is 36.4 Å². The Bertz CT molecular complexity index is 1200. The number of carbonyl (C=O) groups excluding carboxylic acids is 1. The fourth-order valence-electron chi connectivity index (χ4n) is 3.80. The van der Waals surface area contributed by atoms with Gasteiger partial charge in [0.2, 0.25) is 0 Å². The van der Waals surface area contributed by atoms with E-state index in [1.54, 1.807) is 12.4 Å². The number of aromatic nitrogens is 6. The topological polar surface area (TPSA) is 101 Å². The van der Waals surface area contributed by atoms with Gasteiger partial charge in [0, 0.05) is 30.8 Å². The van der Waals surface area contributed by atoms with Crippen LogP contribution in [0.25, 0.3) is 22.6 Å². The lowest BCUT2D eigenvalue weighted by atomic mass is 10.0. The molecule has 1 aliphatic heterocycles. The average Bonchev–Trinajstić information content (AvgIpc) is 3.42. The summed E-state index contributed by atoms with van der Waals surface area (Å²) < 4.78 is 1.93. The van der Waals surface area contributed by atoms with Crippen molar-refractivity contribution in [2.24, 2.45) is 0 Å². The third-order valence-electron chi connectivity index (χ3n) is 5.36. The molecule has 0 bridgehead atoms. The summed E-state index contributed by atoms with van der Waals surface area (Å²) in [4.78, 5) is 22.1. The number of H-pyrrole nitrogens is 1. The number of nitrogens with zero attached hydrogens (tertiary/aromatic N) is 5. The molecule has 4 aromatic rings. The quantitative estimate of drug-likeness (QED) is 0.549. The summed E-state index contributed by atoms with van der Waals surface area (Å²) in [6.07, 6.45) is 4.79. The molecule has 0 aliphatic carbocycles. The van der Waals surface area contributed by atoms with E-state index in [4.69, 9.17) is 0 Å². The van der Waals surface area contributed by atoms with Crippen molar-refractivity contribution in [1.82, 2.24) is 35.3 Å². The van der Waals surface area contributed by atoms with Gasteiger partial charge in [0.1, 0.15) is 11.5 Å². The standard InChI is InChI=1S/C22H21N7O/c1-14-6-5-10-23-19(14)17-13-24-27-20(17)22(30)25-16-9-11-29-18(12-16)26-21(28-29)15-7-3-2-4-8-15/h2-8,10,13,16H,9,11-12H2,1H3,(H,24,27)(H,25,30). The first-order valence-corrected chi connectivity index (χ1v) is 9.94. The molecule has 5 rings (SSSR count). The van der Waals surface area contributed by atoms with Gasteiger partial charge in [-0.05, 0) is 25.0 Å². The molecule has 2 N–H and O–H groups in total. The molecule has 0 fully saturated rings. The number of carbonyl (C=O) groups is 1. The molecule has 0 spiro atoms. The summed E-state index contributed by atoms with van der Waals surface area (Å²) in [5.74, 6) is 1.42. The summed E-state index contributed by atoms with van der Waals surface area (Å²) >= 11 is 0. The Kier molecular flexibility index (Phi) is 4.59. The maximum atomic E-state index is 13.0. The molecular weight excluding hydrogens is 378 g/mol. The zero-order valence-corrected chi connectivity index (χ0v) is 16.5. The Morgan fingerprint density at radius 2 is 2.07 bits per heavy atom. The predicted molar refractivity (Wildman–Crippen MR) is 112 cm³/mol. The van der Waals surface area contributed by atoms with Crippen LogP contribution in [0.15, 0.2) is 54.9 Å². The second-order valence-electron chi connectivity index (χ2n) is 7.43. The summed E-state index contributed by atoms with van der Waals surface area (Å²) in [6, 6.07) is 13.8. The zero-order valence-electron chi connectivity index (χ0n) is 16.5. The monoisotopic (exact) mass is 399 g/mol. The highest BCUT2D eigenvalue weighted by Gasteiger charge is 2.26. The van der Waals surface area contributed by atoms with Crippen molar-refractivity contribution in [3.8, 4) is 22.6 Å². The molecule has 150 valence electrons. The molecule has 8 heteroatoms. The van der Waals surface area contributed by atoms with Crippen LogP contribution in [0.3, 0.4) is 0 Å². The van der Waals surface area contributed by atoms with Crippen molar-refractivity contribution >= 4 is 5.91 Å². The molecule has 1 amide bonds. The Morgan fingerprint density at radius 3 is 2.90 bits per heavy atom. The second kappa shape index (κ2) is 7.55. The Balaban J connectivity index is 1.33. The molecule has 0 saturated carbocycles. The van der Waals surface area contributed by atoms with Crippen molar-refractivity contribution < 1.29 is 4.79 Å². The van der Waals surface area contributed by atoms with Crippen LogP contribution in [0.2, 0.25) is 0 Å². The van der Waals surface area contributed by atoms with Gasteiger partial charge in [-0.3, -0.25) is 14.9 Å². The zero-order chi connectivity index (χ0) is 20.5. The van der Waals surface area contributed by atoms with E-state index in [2.05, 4.69) is 30.6 Å². The molecule has 0 saturated heterocycles. The number of benzene rings is 1. The molecule has 0 radical (unpaired) electrons. The largest absolute Gasteiger partial charge is 0.347 e. The fourth-order valence-corrected chi connectivity index (χ4v) is 3.80. The number of hydrogen-bond donors (Lipinski definition) is 2. The van der Waals surface area contributed by atoms with Crippen LogP contribution in [-0.2, 0) is 13.0 Å². The number of hydrogen-bond acceptors (Lipinski definition) is 5. The lowest BCUT2D eigenvalue weighted by Crippen LogP contribution is -2.40. The van der Waals surface area contributed by atoms with Crippen molar-refractivity contribution in [2.45, 2.75) is 32.4 Å². The van der Waals surface area contributed by atoms with Gasteiger partial charge < -0.3 is 5.32 Å². The van der Waals surface area contributed by atoms with E-state index in [-0.39, 0.29) is 11.9 Å². The van der Waals surface area contributed by atoms with Gasteiger partial charge in [0.25, 0.3) is 5.91 Å². The van der Waals surface area contributed by atoms with E-state index in [0.717, 1.165) is 41.4 Å². The minimum absolute atomic E-state index is 0.0150. The molecule has 1 atom stereocenters. The van der Waals surface area contributed by atoms with Gasteiger partial charge >= 0.3 is 0 Å². The smallest absolute Gasteiger partial charge is 0.270 e. The van der Waals surface area contributed by atoms with E-state index in [9.17, 15) is 4.79 Å². The maximum Gasteiger partial charge on any atom is 0.270 e. The van der Waals surface area contributed by atoms with Gasteiger partial charge in [-0.2, -0.15) is 10.2 Å². The van der Waals surface area contributed by atoms with E-state index < -0.39 is 0 Å². The molecule has 1 unspecified atom stereocenters. The highest BCUT2D eigenvalue weighted by molar-refractivity contribution is 5.98. The summed E-state index contributed by atoms with van der Waals surface area (Å²) in [6.45, 7) is 2.69. The van der Waals surface area contributed by atoms with Crippen molar-refractivity contribution in [3.05, 3.63) is 71.9 Å². The molecule has 3 aromatic heterocycles. The molecule has 4 heterocycles. The first-order chi connectivity index (χ1) is 14.7. The van der Waals surface area contributed by atoms with Crippen molar-refractivity contribution in [2.75, 3.05) is 0 Å². The van der Waals surface area contributed by atoms with Crippen LogP contribution in [0, 0.1) is 6.92 Å². The number of aryl methyl sites for hydroxylation is 2. The van der Waals surface area contributed by atoms with Gasteiger partial charge in [0.05, 0.1) is 17.5 Å². The number of aromatic amines is 1. The van der Waals surface area contributed by atoms with Crippen LogP contribution in [-0.4, -0.2) is 41.9 Å². The summed E-state index contributed by atoms with van der Waals surface area (Å²) in [5.41, 5.74) is 3.87. The third kappa shape index (κ3) is 3.36. The van der Waals surface area contributed by atoms with Crippen molar-refractivity contribution in [3.63, 3.8) is 0 Å². The Labute approximate surface area is 173 Å². The summed E-state index contributed by atoms with van der Waals surface area (Å²) in [7, 11) is 0. The second-order valence-corrected chi connectivity index (χ2v) is 7.43. The Morgan fingerprint density at radius 1 is 1.20 bits per heavy atom. The van der Waals surface area contributed by atoms with E-state index in [1.165, 1.54) is 0 Å². The first kappa shape index (κ1) is 18.2. The summed E-state index contributed by atoms with van der Waals surface area (Å²) in [5, 5.41) is 14.6. The van der Waals surface area contributed by atoms with Crippen LogP contribution in [0.1, 0.15) is 28.3 Å². The van der Waals surface area contributed by atoms with E-state index >= 15 is 0 Å². The lowest BCUT2D eigenvalue weighted by Gasteiger charge is -2.23. The molecular formula is C22H21N7O. The minimum Gasteiger partial charge on any atom is -0.347 e. The third-order valence-corrected chi connectivity index (χ3v) is 5.36. The molecule has 30 heavy (non-hydrogen) atoms. The first-order valence-electron chi connectivity index (χ1n) is 9.94. The number of nitrogens with one attached hydrogen (secondary N) is 2. The van der Waals surface area contributed by atoms with Gasteiger partial charge in [-0.25, -0.2) is 9.67 Å². The van der Waals surface area contributed by atoms with Crippen LogP contribution >= 0.6 is 0 Å². The number of pyridine rings is 1. The van der Waals surface area contributed by atoms with Gasteiger partial charge in [0.15, 0.2) is 5.82 Å². The fraction of sp³-hybridized carbons (Fsp3) is 0.227. The molecule has 8 nitrogen and oxygen atoms in total. The molecule has 1 aromatic carbocycles. The SMILES string of the molecule is Cc1cccnc1-c1cn[nH]c1C(=O)NC1CCn2nc(-c3ccccc3)nc2C1. The predicted octanol–water partition coefficient (Wildman–Crippen LogP) is 2.78. The van der Waals surface area contributed by atoms with Crippen LogP contribution in [0.5, 0.6) is 0 Å². The minimum atomic E-state index is -0.186. The van der Waals surface area contributed by atoms with Crippen LogP contribution < -0.4 is 5.32 Å². The highest BCUT2D eigenvalue weighted by Crippen LogP contribution is 2.24. The Hall–Kier alpha value is -3.81.